The number of aliphatic hydroxyl groups is 1. The zero-order valence-electron chi connectivity index (χ0n) is 19.8. The third-order valence-electron chi connectivity index (χ3n) is 6.03. The molecule has 1 unspecified atom stereocenters. The van der Waals surface area contributed by atoms with Crippen molar-refractivity contribution in [2.24, 2.45) is 0 Å². The SMILES string of the molecule is COc1cc(C2C(C(=O)C=Cc3ccccc3)=C(O)C(=O)N2c2nc3ccc(C)cc3s2)cc(Br)c1O. The molecule has 2 N–H and O–H groups in total. The van der Waals surface area contributed by atoms with E-state index in [-0.39, 0.29) is 17.1 Å². The maximum atomic E-state index is 13.5. The normalized spacial score (nSPS) is 15.8. The third-order valence-corrected chi connectivity index (χ3v) is 7.65. The van der Waals surface area contributed by atoms with Crippen LogP contribution in [-0.4, -0.2) is 34.0 Å². The minimum absolute atomic E-state index is 0.0905. The molecule has 1 atom stereocenters. The number of benzene rings is 3. The Bertz CT molecular complexity index is 1610. The molecule has 2 heterocycles. The summed E-state index contributed by atoms with van der Waals surface area (Å²) in [5, 5.41) is 21.7. The topological polar surface area (TPSA) is 100.0 Å². The zero-order valence-corrected chi connectivity index (χ0v) is 22.2. The fraction of sp³-hybridized carbons (Fsp3) is 0.107. The molecule has 1 aromatic heterocycles. The molecule has 9 heteroatoms. The van der Waals surface area contributed by atoms with E-state index in [0.717, 1.165) is 15.8 Å². The number of rotatable bonds is 6. The van der Waals surface area contributed by atoms with Crippen molar-refractivity contribution in [1.82, 2.24) is 4.98 Å². The minimum atomic E-state index is -1.01. The molecule has 0 fully saturated rings. The lowest BCUT2D eigenvalue weighted by Gasteiger charge is -2.25. The van der Waals surface area contributed by atoms with Gasteiger partial charge in [0.05, 0.1) is 33.4 Å². The number of aromatic nitrogens is 1. The van der Waals surface area contributed by atoms with Gasteiger partial charge >= 0.3 is 0 Å². The van der Waals surface area contributed by atoms with Crippen LogP contribution >= 0.6 is 27.3 Å². The van der Waals surface area contributed by atoms with Gasteiger partial charge in [0.25, 0.3) is 5.91 Å². The first-order chi connectivity index (χ1) is 17.8. The van der Waals surface area contributed by atoms with Gasteiger partial charge in [-0.15, -0.1) is 0 Å². The quantitative estimate of drug-likeness (QED) is 0.263. The lowest BCUT2D eigenvalue weighted by molar-refractivity contribution is -0.117. The number of phenols is 1. The fourth-order valence-electron chi connectivity index (χ4n) is 4.23. The van der Waals surface area contributed by atoms with Crippen molar-refractivity contribution in [3.63, 3.8) is 0 Å². The van der Waals surface area contributed by atoms with E-state index in [9.17, 15) is 19.8 Å². The number of hydrogen-bond acceptors (Lipinski definition) is 7. The molecule has 0 radical (unpaired) electrons. The fourth-order valence-corrected chi connectivity index (χ4v) is 5.78. The number of allylic oxidation sites excluding steroid dienone is 1. The highest BCUT2D eigenvalue weighted by Gasteiger charge is 2.45. The number of methoxy groups -OCH3 is 1. The second kappa shape index (κ2) is 9.84. The van der Waals surface area contributed by atoms with E-state index in [1.54, 1.807) is 12.1 Å². The monoisotopic (exact) mass is 576 g/mol. The van der Waals surface area contributed by atoms with Gasteiger partial charge in [-0.2, -0.15) is 0 Å². The zero-order chi connectivity index (χ0) is 26.3. The molecule has 186 valence electrons. The largest absolute Gasteiger partial charge is 0.503 e. The van der Waals surface area contributed by atoms with E-state index >= 15 is 0 Å². The van der Waals surface area contributed by atoms with Gasteiger partial charge in [0.15, 0.2) is 28.2 Å². The number of nitrogens with zero attached hydrogens (tertiary/aromatic N) is 2. The van der Waals surface area contributed by atoms with Crippen LogP contribution in [0.15, 0.2) is 82.5 Å². The van der Waals surface area contributed by atoms with Gasteiger partial charge < -0.3 is 14.9 Å². The molecular weight excluding hydrogens is 556 g/mol. The average Bonchev–Trinajstić information content (AvgIpc) is 3.42. The van der Waals surface area contributed by atoms with Crippen LogP contribution in [0.5, 0.6) is 11.5 Å². The summed E-state index contributed by atoms with van der Waals surface area (Å²) in [6.07, 6.45) is 2.96. The van der Waals surface area contributed by atoms with Crippen LogP contribution in [0.2, 0.25) is 0 Å². The Morgan fingerprint density at radius 1 is 1.14 bits per heavy atom. The maximum absolute atomic E-state index is 13.5. The molecule has 1 aliphatic rings. The summed E-state index contributed by atoms with van der Waals surface area (Å²) in [7, 11) is 1.40. The van der Waals surface area contributed by atoms with Crippen molar-refractivity contribution in [2.75, 3.05) is 12.0 Å². The second-order valence-electron chi connectivity index (χ2n) is 8.47. The number of hydrogen-bond donors (Lipinski definition) is 2. The maximum Gasteiger partial charge on any atom is 0.296 e. The summed E-state index contributed by atoms with van der Waals surface area (Å²) in [4.78, 5) is 32.9. The van der Waals surface area contributed by atoms with Crippen molar-refractivity contribution in [3.05, 3.63) is 99.2 Å². The molecular formula is C28H21BrN2O5S. The predicted molar refractivity (Wildman–Crippen MR) is 147 cm³/mol. The van der Waals surface area contributed by atoms with Gasteiger partial charge in [-0.05, 0) is 69.9 Å². The van der Waals surface area contributed by atoms with Gasteiger partial charge in [0.1, 0.15) is 0 Å². The lowest BCUT2D eigenvalue weighted by Crippen LogP contribution is -2.30. The molecule has 0 saturated heterocycles. The van der Waals surface area contributed by atoms with Crippen LogP contribution < -0.4 is 9.64 Å². The summed E-state index contributed by atoms with van der Waals surface area (Å²) in [5.74, 6) is -1.88. The summed E-state index contributed by atoms with van der Waals surface area (Å²) >= 11 is 4.61. The number of ether oxygens (including phenoxy) is 1. The van der Waals surface area contributed by atoms with Gasteiger partial charge in [-0.1, -0.05) is 53.8 Å². The van der Waals surface area contributed by atoms with E-state index in [1.807, 2.05) is 55.5 Å². The van der Waals surface area contributed by atoms with Crippen LogP contribution in [0.25, 0.3) is 16.3 Å². The standard InChI is InChI=1S/C28H21BrN2O5S/c1-15-8-10-19-22(12-15)37-28(30-19)31-24(17-13-18(29)25(33)21(14-17)36-2)23(26(34)27(31)35)20(32)11-9-16-6-4-3-5-7-16/h3-14,24,33-34H,1-2H3. The third kappa shape index (κ3) is 4.52. The molecule has 0 saturated carbocycles. The van der Waals surface area contributed by atoms with Crippen molar-refractivity contribution in [1.29, 1.82) is 0 Å². The highest BCUT2D eigenvalue weighted by atomic mass is 79.9. The van der Waals surface area contributed by atoms with Crippen molar-refractivity contribution >= 4 is 60.4 Å². The van der Waals surface area contributed by atoms with Crippen LogP contribution in [-0.2, 0) is 9.59 Å². The van der Waals surface area contributed by atoms with Gasteiger partial charge in [0, 0.05) is 0 Å². The number of phenolic OH excluding ortho intramolecular Hbond substituents is 1. The van der Waals surface area contributed by atoms with E-state index in [4.69, 9.17) is 4.74 Å². The van der Waals surface area contributed by atoms with Gasteiger partial charge in [0.2, 0.25) is 0 Å². The number of carbonyl (C=O) groups excluding carboxylic acids is 2. The average molecular weight is 577 g/mol. The molecule has 0 spiro atoms. The number of carbonyl (C=O) groups is 2. The Balaban J connectivity index is 1.66. The second-order valence-corrected chi connectivity index (χ2v) is 10.3. The van der Waals surface area contributed by atoms with E-state index in [1.165, 1.54) is 35.5 Å². The summed E-state index contributed by atoms with van der Waals surface area (Å²) in [6.45, 7) is 1.96. The summed E-state index contributed by atoms with van der Waals surface area (Å²) in [6, 6.07) is 17.1. The Kier molecular flexibility index (Phi) is 6.57. The highest BCUT2D eigenvalue weighted by molar-refractivity contribution is 9.10. The van der Waals surface area contributed by atoms with Crippen molar-refractivity contribution in [3.8, 4) is 11.5 Å². The minimum Gasteiger partial charge on any atom is -0.503 e. The van der Waals surface area contributed by atoms with Crippen LogP contribution in [0.3, 0.4) is 0 Å². The Hall–Kier alpha value is -3.95. The number of thiazole rings is 1. The number of aromatic hydroxyl groups is 1. The van der Waals surface area contributed by atoms with E-state index < -0.39 is 23.5 Å². The Labute approximate surface area is 225 Å². The number of anilines is 1. The van der Waals surface area contributed by atoms with Crippen LogP contribution in [0, 0.1) is 6.92 Å². The first kappa shape index (κ1) is 24.7. The number of amides is 1. The van der Waals surface area contributed by atoms with Crippen molar-refractivity contribution in [2.45, 2.75) is 13.0 Å². The molecule has 5 rings (SSSR count). The predicted octanol–water partition coefficient (Wildman–Crippen LogP) is 6.26. The van der Waals surface area contributed by atoms with Crippen molar-refractivity contribution < 1.29 is 24.5 Å². The highest BCUT2D eigenvalue weighted by Crippen LogP contribution is 2.46. The molecule has 4 aromatic rings. The summed E-state index contributed by atoms with van der Waals surface area (Å²) in [5.41, 5.74) is 2.90. The van der Waals surface area contributed by atoms with Gasteiger partial charge in [-0.25, -0.2) is 4.98 Å². The number of fused-ring (bicyclic) bond motifs is 1. The van der Waals surface area contributed by atoms with E-state index in [2.05, 4.69) is 20.9 Å². The summed E-state index contributed by atoms with van der Waals surface area (Å²) < 4.78 is 6.49. The first-order valence-electron chi connectivity index (χ1n) is 11.3. The van der Waals surface area contributed by atoms with E-state index in [0.29, 0.717) is 20.7 Å². The van der Waals surface area contributed by atoms with Gasteiger partial charge in [-0.3, -0.25) is 14.5 Å². The smallest absolute Gasteiger partial charge is 0.296 e. The number of halogens is 1. The number of ketones is 1. The van der Waals surface area contributed by atoms with Crippen LogP contribution in [0.1, 0.15) is 22.7 Å². The number of aryl methyl sites for hydroxylation is 1. The molecule has 0 bridgehead atoms. The lowest BCUT2D eigenvalue weighted by atomic mass is 9.95. The molecule has 0 aliphatic carbocycles. The first-order valence-corrected chi connectivity index (χ1v) is 12.9. The molecule has 1 amide bonds. The molecule has 7 nitrogen and oxygen atoms in total. The number of aliphatic hydroxyl groups excluding tert-OH is 1. The molecule has 37 heavy (non-hydrogen) atoms. The Morgan fingerprint density at radius 2 is 1.89 bits per heavy atom. The molecule has 3 aromatic carbocycles. The molecule has 1 aliphatic heterocycles. The Morgan fingerprint density at radius 3 is 2.62 bits per heavy atom. The van der Waals surface area contributed by atoms with Crippen LogP contribution in [0.4, 0.5) is 5.13 Å².